The van der Waals surface area contributed by atoms with Crippen LogP contribution in [0.15, 0.2) is 106 Å². The molecule has 0 radical (unpaired) electrons. The summed E-state index contributed by atoms with van der Waals surface area (Å²) in [6.07, 6.45) is 3.28. The normalized spacial score (nSPS) is 12.3. The van der Waals surface area contributed by atoms with E-state index in [9.17, 15) is 10.2 Å². The summed E-state index contributed by atoms with van der Waals surface area (Å²) >= 11 is 0. The van der Waals surface area contributed by atoms with Gasteiger partial charge in [0.1, 0.15) is 17.3 Å². The fourth-order valence-corrected chi connectivity index (χ4v) is 6.81. The van der Waals surface area contributed by atoms with Gasteiger partial charge in [0.05, 0.1) is 17.5 Å². The molecule has 0 saturated carbocycles. The van der Waals surface area contributed by atoms with Gasteiger partial charge in [-0.2, -0.15) is 0 Å². The second-order valence-electron chi connectivity index (χ2n) is 12.1. The Labute approximate surface area is 270 Å². The molecule has 0 aliphatic heterocycles. The van der Waals surface area contributed by atoms with Crippen LogP contribution < -0.4 is 0 Å². The highest BCUT2D eigenvalue weighted by atomic mass is 16.5. The lowest BCUT2D eigenvalue weighted by Crippen LogP contribution is -2.04. The molecule has 1 atom stereocenters. The Morgan fingerprint density at radius 2 is 1.26 bits per heavy atom. The number of aromatic nitrogens is 4. The molecule has 8 aromatic rings. The molecule has 0 fully saturated rings. The first-order chi connectivity index (χ1) is 22.8. The second kappa shape index (κ2) is 11.2. The average molecular weight is 621 g/mol. The lowest BCUT2D eigenvalue weighted by Gasteiger charge is -2.14. The Morgan fingerprint density at radius 3 is 1.89 bits per heavy atom. The number of hydrogen-bond donors (Lipinski definition) is 4. The van der Waals surface area contributed by atoms with Crippen molar-refractivity contribution in [2.24, 2.45) is 0 Å². The van der Waals surface area contributed by atoms with E-state index >= 15 is 0 Å². The molecule has 0 aliphatic carbocycles. The number of H-pyrrole nitrogens is 2. The number of aliphatic hydroxyl groups excluding tert-OH is 1. The van der Waals surface area contributed by atoms with E-state index in [1.807, 2.05) is 69.6 Å². The van der Waals surface area contributed by atoms with Crippen LogP contribution in [-0.4, -0.2) is 30.5 Å². The molecule has 0 saturated heterocycles. The lowest BCUT2D eigenvalue weighted by molar-refractivity contribution is 0.175. The van der Waals surface area contributed by atoms with Crippen molar-refractivity contribution >= 4 is 21.8 Å². The van der Waals surface area contributed by atoms with Gasteiger partial charge in [0.25, 0.3) is 0 Å². The molecule has 0 bridgehead atoms. The van der Waals surface area contributed by atoms with Crippen LogP contribution in [0.1, 0.15) is 34.6 Å². The number of aliphatic hydroxyl groups is 1. The summed E-state index contributed by atoms with van der Waals surface area (Å²) in [5, 5.41) is 32.5. The summed E-state index contributed by atoms with van der Waals surface area (Å²) in [5.41, 5.74) is 11.9. The third-order valence-corrected chi connectivity index (χ3v) is 9.01. The van der Waals surface area contributed by atoms with E-state index < -0.39 is 6.10 Å². The van der Waals surface area contributed by atoms with E-state index in [0.29, 0.717) is 11.5 Å². The van der Waals surface area contributed by atoms with Crippen LogP contribution >= 0.6 is 0 Å². The summed E-state index contributed by atoms with van der Waals surface area (Å²) in [4.78, 5) is 6.69. The number of phenolic OH excluding ortho intramolecular Hbond substituents is 1. The molecular weight excluding hydrogens is 588 g/mol. The minimum absolute atomic E-state index is 0.205. The SMILES string of the molecule is Cc1noc(C)c1-c1cc(-c2cccc(C(O)Cc3noc(C)c3-c3cc(-c4cccc(O)c4)c4cc[nH]c4c3)c2)c2cc[nH]c2c1. The Bertz CT molecular complexity index is 2410. The van der Waals surface area contributed by atoms with Crippen molar-refractivity contribution in [3.05, 3.63) is 126 Å². The smallest absolute Gasteiger partial charge is 0.141 e. The Morgan fingerprint density at radius 1 is 0.660 bits per heavy atom. The van der Waals surface area contributed by atoms with Gasteiger partial charge in [-0.25, -0.2) is 0 Å². The number of aryl methyl sites for hydroxylation is 3. The number of nitrogens with zero attached hydrogens (tertiary/aromatic N) is 2. The van der Waals surface area contributed by atoms with Gasteiger partial charge in [0, 0.05) is 51.7 Å². The number of aromatic amines is 2. The van der Waals surface area contributed by atoms with Crippen molar-refractivity contribution in [1.29, 1.82) is 0 Å². The molecule has 8 nitrogen and oxygen atoms in total. The van der Waals surface area contributed by atoms with E-state index in [1.165, 1.54) is 0 Å². The van der Waals surface area contributed by atoms with Crippen LogP contribution in [0.5, 0.6) is 5.75 Å². The van der Waals surface area contributed by atoms with Crippen molar-refractivity contribution in [2.75, 3.05) is 0 Å². The van der Waals surface area contributed by atoms with Crippen LogP contribution in [0.3, 0.4) is 0 Å². The highest BCUT2D eigenvalue weighted by molar-refractivity contribution is 6.00. The molecule has 47 heavy (non-hydrogen) atoms. The molecule has 8 rings (SSSR count). The average Bonchev–Trinajstić information content (AvgIpc) is 3.88. The minimum atomic E-state index is -0.828. The first kappa shape index (κ1) is 28.6. The first-order valence-electron chi connectivity index (χ1n) is 15.5. The van der Waals surface area contributed by atoms with Crippen molar-refractivity contribution < 1.29 is 19.3 Å². The van der Waals surface area contributed by atoms with Crippen LogP contribution in [0.4, 0.5) is 0 Å². The van der Waals surface area contributed by atoms with Crippen LogP contribution in [0.25, 0.3) is 66.3 Å². The predicted molar refractivity (Wildman–Crippen MR) is 183 cm³/mol. The number of nitrogens with one attached hydrogen (secondary N) is 2. The molecular formula is C39H32N4O4. The third-order valence-electron chi connectivity index (χ3n) is 9.01. The van der Waals surface area contributed by atoms with Gasteiger partial charge in [-0.3, -0.25) is 0 Å². The van der Waals surface area contributed by atoms with Crippen LogP contribution in [0.2, 0.25) is 0 Å². The van der Waals surface area contributed by atoms with Gasteiger partial charge >= 0.3 is 0 Å². The molecule has 232 valence electrons. The largest absolute Gasteiger partial charge is 0.508 e. The van der Waals surface area contributed by atoms with Gasteiger partial charge in [0.2, 0.25) is 0 Å². The van der Waals surface area contributed by atoms with Crippen LogP contribution in [0, 0.1) is 20.8 Å². The van der Waals surface area contributed by atoms with E-state index in [-0.39, 0.29) is 12.2 Å². The molecule has 4 aromatic heterocycles. The second-order valence-corrected chi connectivity index (χ2v) is 12.1. The number of aromatic hydroxyl groups is 1. The summed E-state index contributed by atoms with van der Waals surface area (Å²) in [5.74, 6) is 1.64. The fourth-order valence-electron chi connectivity index (χ4n) is 6.81. The molecule has 0 aliphatic rings. The highest BCUT2D eigenvalue weighted by Crippen LogP contribution is 2.40. The molecule has 0 spiro atoms. The van der Waals surface area contributed by atoms with Crippen molar-refractivity contribution in [3.63, 3.8) is 0 Å². The number of benzene rings is 4. The number of rotatable bonds is 7. The number of fused-ring (bicyclic) bond motifs is 2. The topological polar surface area (TPSA) is 124 Å². The molecule has 4 N–H and O–H groups in total. The maximum Gasteiger partial charge on any atom is 0.141 e. The van der Waals surface area contributed by atoms with Crippen LogP contribution in [-0.2, 0) is 6.42 Å². The summed E-state index contributed by atoms with van der Waals surface area (Å²) in [6.45, 7) is 5.76. The lowest BCUT2D eigenvalue weighted by atomic mass is 9.91. The zero-order valence-electron chi connectivity index (χ0n) is 26.1. The number of hydrogen-bond acceptors (Lipinski definition) is 6. The minimum Gasteiger partial charge on any atom is -0.508 e. The van der Waals surface area contributed by atoms with Gasteiger partial charge in [0.15, 0.2) is 0 Å². The fraction of sp³-hybridized carbons (Fsp3) is 0.128. The van der Waals surface area contributed by atoms with E-state index in [4.69, 9.17) is 9.05 Å². The van der Waals surface area contributed by atoms with Gasteiger partial charge < -0.3 is 29.2 Å². The standard InChI is InChI=1S/C39H32N4O4/c1-21-38(22(2)46-42-21)27-16-32(30-10-12-40-34(30)18-27)24-6-4-8-26(14-24)37(45)20-36-39(23(3)47-43-36)28-17-33(25-7-5-9-29(44)15-25)31-11-13-41-35(31)19-28/h4-19,37,40-41,44-45H,20H2,1-3H3. The maximum absolute atomic E-state index is 11.6. The highest BCUT2D eigenvalue weighted by Gasteiger charge is 2.22. The third kappa shape index (κ3) is 4.99. The maximum atomic E-state index is 11.6. The van der Waals surface area contributed by atoms with Crippen molar-refractivity contribution in [3.8, 4) is 50.3 Å². The van der Waals surface area contributed by atoms with Gasteiger partial charge in [-0.05, 0) is 114 Å². The van der Waals surface area contributed by atoms with Crippen molar-refractivity contribution in [2.45, 2.75) is 33.3 Å². The molecule has 4 heterocycles. The van der Waals surface area contributed by atoms with E-state index in [0.717, 1.165) is 83.3 Å². The summed E-state index contributed by atoms with van der Waals surface area (Å²) < 4.78 is 11.2. The zero-order valence-corrected chi connectivity index (χ0v) is 26.1. The molecule has 8 heteroatoms. The van der Waals surface area contributed by atoms with Gasteiger partial charge in [-0.1, -0.05) is 40.6 Å². The Balaban J connectivity index is 1.16. The van der Waals surface area contributed by atoms with E-state index in [2.05, 4.69) is 56.7 Å². The Kier molecular flexibility index (Phi) is 6.81. The number of phenols is 1. The molecule has 1 unspecified atom stereocenters. The first-order valence-corrected chi connectivity index (χ1v) is 15.5. The zero-order chi connectivity index (χ0) is 32.2. The van der Waals surface area contributed by atoms with Gasteiger partial charge in [-0.15, -0.1) is 0 Å². The quantitative estimate of drug-likeness (QED) is 0.141. The molecule has 0 amide bonds. The predicted octanol–water partition coefficient (Wildman–Crippen LogP) is 9.20. The molecule has 4 aromatic carbocycles. The Hall–Kier alpha value is -5.86. The summed E-state index contributed by atoms with van der Waals surface area (Å²) in [6, 6.07) is 27.8. The van der Waals surface area contributed by atoms with E-state index in [1.54, 1.807) is 12.1 Å². The van der Waals surface area contributed by atoms with Crippen molar-refractivity contribution in [1.82, 2.24) is 20.3 Å². The summed E-state index contributed by atoms with van der Waals surface area (Å²) in [7, 11) is 0. The monoisotopic (exact) mass is 620 g/mol.